The fraction of sp³-hybridized carbons (Fsp3) is 0.280. The summed E-state index contributed by atoms with van der Waals surface area (Å²) in [5.74, 6) is -0.276. The van der Waals surface area contributed by atoms with Gasteiger partial charge in [-0.15, -0.1) is 5.10 Å². The summed E-state index contributed by atoms with van der Waals surface area (Å²) >= 11 is 0. The number of non-ortho nitro benzene ring substituents is 1. The number of nitro benzene ring substituents is 1. The number of benzene rings is 2. The highest BCUT2D eigenvalue weighted by Crippen LogP contribution is 2.33. The highest BCUT2D eigenvalue weighted by Gasteiger charge is 2.46. The zero-order chi connectivity index (χ0) is 26.0. The van der Waals surface area contributed by atoms with Gasteiger partial charge in [0, 0.05) is 30.4 Å². The number of amides is 3. The summed E-state index contributed by atoms with van der Waals surface area (Å²) in [4.78, 5) is 40.0. The van der Waals surface area contributed by atoms with E-state index in [9.17, 15) is 19.7 Å². The highest BCUT2D eigenvalue weighted by atomic mass is 16.6. The first-order valence-corrected chi connectivity index (χ1v) is 11.3. The molecule has 2 aromatic carbocycles. The van der Waals surface area contributed by atoms with Crippen LogP contribution in [0, 0.1) is 10.1 Å². The van der Waals surface area contributed by atoms with Gasteiger partial charge in [0.2, 0.25) is 0 Å². The number of amidine groups is 1. The van der Waals surface area contributed by atoms with Gasteiger partial charge in [-0.1, -0.05) is 30.3 Å². The summed E-state index contributed by atoms with van der Waals surface area (Å²) in [5.41, 5.74) is 1.40. The number of rotatable bonds is 6. The van der Waals surface area contributed by atoms with Crippen molar-refractivity contribution in [3.8, 4) is 0 Å². The molecule has 36 heavy (non-hydrogen) atoms. The minimum atomic E-state index is -0.803. The van der Waals surface area contributed by atoms with Crippen LogP contribution in [0.3, 0.4) is 0 Å². The lowest BCUT2D eigenvalue weighted by molar-refractivity contribution is -0.384. The van der Waals surface area contributed by atoms with E-state index in [0.717, 1.165) is 5.56 Å². The lowest BCUT2D eigenvalue weighted by Crippen LogP contribution is -2.51. The maximum atomic E-state index is 13.4. The summed E-state index contributed by atoms with van der Waals surface area (Å²) < 4.78 is 0. The first-order valence-electron chi connectivity index (χ1n) is 11.3. The van der Waals surface area contributed by atoms with Crippen LogP contribution in [-0.4, -0.2) is 64.4 Å². The van der Waals surface area contributed by atoms with E-state index in [4.69, 9.17) is 0 Å². The van der Waals surface area contributed by atoms with Crippen molar-refractivity contribution >= 4 is 29.2 Å². The van der Waals surface area contributed by atoms with Gasteiger partial charge in [-0.25, -0.2) is 4.79 Å². The molecule has 2 N–H and O–H groups in total. The second-order valence-electron chi connectivity index (χ2n) is 9.30. The Hall–Kier alpha value is -4.38. The van der Waals surface area contributed by atoms with Crippen LogP contribution in [0.2, 0.25) is 0 Å². The predicted molar refractivity (Wildman–Crippen MR) is 136 cm³/mol. The first kappa shape index (κ1) is 24.7. The Bertz CT molecular complexity index is 1280. The Labute approximate surface area is 208 Å². The third-order valence-electron chi connectivity index (χ3n) is 6.04. The van der Waals surface area contributed by atoms with Gasteiger partial charge in [-0.2, -0.15) is 5.10 Å². The quantitative estimate of drug-likeness (QED) is 0.475. The number of nitro groups is 1. The molecule has 0 radical (unpaired) electrons. The van der Waals surface area contributed by atoms with Gasteiger partial charge in [-0.05, 0) is 45.6 Å². The Morgan fingerprint density at radius 3 is 2.36 bits per heavy atom. The van der Waals surface area contributed by atoms with Crippen molar-refractivity contribution in [1.82, 2.24) is 20.4 Å². The van der Waals surface area contributed by atoms with Gasteiger partial charge in [0.15, 0.2) is 5.84 Å². The average molecular weight is 490 g/mol. The maximum Gasteiger partial charge on any atom is 0.322 e. The lowest BCUT2D eigenvalue weighted by atomic mass is 9.95. The number of hydrogen-bond donors (Lipinski definition) is 2. The molecule has 2 aromatic rings. The van der Waals surface area contributed by atoms with E-state index in [1.807, 2.05) is 63.2 Å². The van der Waals surface area contributed by atoms with Gasteiger partial charge >= 0.3 is 6.03 Å². The van der Waals surface area contributed by atoms with Crippen LogP contribution in [0.25, 0.3) is 0 Å². The van der Waals surface area contributed by atoms with E-state index < -0.39 is 16.4 Å². The van der Waals surface area contributed by atoms with Crippen molar-refractivity contribution in [3.63, 3.8) is 0 Å². The van der Waals surface area contributed by atoms with Gasteiger partial charge in [-0.3, -0.25) is 19.8 Å². The molecule has 0 spiro atoms. The molecule has 11 nitrogen and oxygen atoms in total. The molecule has 4 rings (SSSR count). The molecule has 0 aromatic heterocycles. The van der Waals surface area contributed by atoms with Crippen LogP contribution in [0.4, 0.5) is 10.5 Å². The molecule has 0 saturated carbocycles. The standard InChI is InChI=1S/C25H27N7O4/c1-25(2)21-19(22(29-28-21)27-23(33)17-10-12-18(13-11-17)32(35)36)14-31(25)24(34)26-20(15-30(3)4)16-8-6-5-7-9-16/h5-14,20H,15H2,1-4H3,(H,26,34)(H,27,29,33). The van der Waals surface area contributed by atoms with E-state index >= 15 is 0 Å². The fourth-order valence-corrected chi connectivity index (χ4v) is 4.12. The van der Waals surface area contributed by atoms with Crippen LogP contribution in [-0.2, 0) is 0 Å². The number of nitrogens with zero attached hydrogens (tertiary/aromatic N) is 5. The zero-order valence-corrected chi connectivity index (χ0v) is 20.4. The summed E-state index contributed by atoms with van der Waals surface area (Å²) in [5, 5.41) is 25.0. The molecule has 0 bridgehead atoms. The number of carbonyl (C=O) groups excluding carboxylic acids is 2. The molecule has 0 aliphatic carbocycles. The third kappa shape index (κ3) is 4.86. The molecular formula is C25H27N7O4. The van der Waals surface area contributed by atoms with Crippen LogP contribution in [0.1, 0.15) is 35.8 Å². The van der Waals surface area contributed by atoms with Gasteiger partial charge in [0.05, 0.1) is 22.1 Å². The Balaban J connectivity index is 1.51. The number of urea groups is 1. The summed E-state index contributed by atoms with van der Waals surface area (Å²) in [6.07, 6.45) is 1.63. The van der Waals surface area contributed by atoms with Crippen LogP contribution in [0.15, 0.2) is 76.6 Å². The first-order chi connectivity index (χ1) is 17.1. The van der Waals surface area contributed by atoms with Gasteiger partial charge < -0.3 is 15.5 Å². The van der Waals surface area contributed by atoms with E-state index in [1.165, 1.54) is 24.3 Å². The minimum absolute atomic E-state index is 0.111. The lowest BCUT2D eigenvalue weighted by Gasteiger charge is -2.33. The van der Waals surface area contributed by atoms with Crippen molar-refractivity contribution in [2.45, 2.75) is 25.4 Å². The van der Waals surface area contributed by atoms with Gasteiger partial charge in [0.1, 0.15) is 5.71 Å². The molecule has 2 aliphatic rings. The number of fused-ring (bicyclic) bond motifs is 1. The maximum absolute atomic E-state index is 13.4. The molecular weight excluding hydrogens is 462 g/mol. The van der Waals surface area contributed by atoms with Crippen molar-refractivity contribution in [2.75, 3.05) is 20.6 Å². The monoisotopic (exact) mass is 489 g/mol. The minimum Gasteiger partial charge on any atom is -0.330 e. The fourth-order valence-electron chi connectivity index (χ4n) is 4.12. The van der Waals surface area contributed by atoms with E-state index in [1.54, 1.807) is 11.1 Å². The van der Waals surface area contributed by atoms with E-state index in [0.29, 0.717) is 17.8 Å². The Morgan fingerprint density at radius 1 is 1.08 bits per heavy atom. The van der Waals surface area contributed by atoms with Gasteiger partial charge in [0.25, 0.3) is 11.6 Å². The van der Waals surface area contributed by atoms with Crippen molar-refractivity contribution in [3.05, 3.63) is 87.6 Å². The average Bonchev–Trinajstić information content (AvgIpc) is 3.36. The van der Waals surface area contributed by atoms with Crippen LogP contribution < -0.4 is 10.6 Å². The van der Waals surface area contributed by atoms with Crippen LogP contribution >= 0.6 is 0 Å². The van der Waals surface area contributed by atoms with Crippen molar-refractivity contribution in [2.24, 2.45) is 10.2 Å². The SMILES string of the molecule is CN(C)CC(NC(=O)N1C=C2C(NC(=O)c3ccc([N+](=O)[O-])cc3)=NN=C2C1(C)C)c1ccccc1. The molecule has 1 unspecified atom stereocenters. The molecule has 2 aliphatic heterocycles. The predicted octanol–water partition coefficient (Wildman–Crippen LogP) is 3.08. The van der Waals surface area contributed by atoms with Crippen LogP contribution in [0.5, 0.6) is 0 Å². The van der Waals surface area contributed by atoms with Crippen molar-refractivity contribution < 1.29 is 14.5 Å². The highest BCUT2D eigenvalue weighted by molar-refractivity contribution is 6.33. The number of nitrogens with one attached hydrogen (secondary N) is 2. The molecule has 11 heteroatoms. The number of hydrogen-bond acceptors (Lipinski definition) is 7. The Morgan fingerprint density at radius 2 is 1.75 bits per heavy atom. The van der Waals surface area contributed by atoms with E-state index in [2.05, 4.69) is 20.8 Å². The summed E-state index contributed by atoms with van der Waals surface area (Å²) in [6, 6.07) is 14.4. The van der Waals surface area contributed by atoms with E-state index in [-0.39, 0.29) is 29.2 Å². The molecule has 1 atom stereocenters. The second kappa shape index (κ2) is 9.70. The number of carbonyl (C=O) groups is 2. The second-order valence-corrected chi connectivity index (χ2v) is 9.30. The molecule has 186 valence electrons. The molecule has 3 amide bonds. The molecule has 0 saturated heterocycles. The number of likely N-dealkylation sites (N-methyl/N-ethyl adjacent to an activating group) is 1. The molecule has 2 heterocycles. The molecule has 0 fully saturated rings. The smallest absolute Gasteiger partial charge is 0.322 e. The third-order valence-corrected chi connectivity index (χ3v) is 6.04. The normalized spacial score (nSPS) is 16.6. The summed E-state index contributed by atoms with van der Waals surface area (Å²) in [6.45, 7) is 4.32. The largest absolute Gasteiger partial charge is 0.330 e. The van der Waals surface area contributed by atoms with Crippen molar-refractivity contribution in [1.29, 1.82) is 0 Å². The summed E-state index contributed by atoms with van der Waals surface area (Å²) in [7, 11) is 3.89. The zero-order valence-electron chi connectivity index (χ0n) is 20.4. The topological polar surface area (TPSA) is 133 Å². The Kier molecular flexibility index (Phi) is 6.67.